The Hall–Kier alpha value is -3.06. The monoisotopic (exact) mass is 445 g/mol. The SMILES string of the molecule is Cc1cccc(-n2c(SCC(=O)N3CCCCCC3)nnc2-c2c[nH]c3ccccc23)c1. The lowest BCUT2D eigenvalue weighted by molar-refractivity contribution is -0.128. The van der Waals surface area contributed by atoms with Crippen molar-refractivity contribution in [2.45, 2.75) is 37.8 Å². The Kier molecular flexibility index (Phi) is 5.99. The fourth-order valence-electron chi connectivity index (χ4n) is 4.33. The predicted molar refractivity (Wildman–Crippen MR) is 129 cm³/mol. The van der Waals surface area contributed by atoms with Gasteiger partial charge in [-0.05, 0) is 43.5 Å². The smallest absolute Gasteiger partial charge is 0.233 e. The molecule has 0 atom stereocenters. The number of carbonyl (C=O) groups is 1. The molecule has 0 unspecified atom stereocenters. The molecule has 0 saturated carbocycles. The highest BCUT2D eigenvalue weighted by molar-refractivity contribution is 7.99. The van der Waals surface area contributed by atoms with Gasteiger partial charge in [0.05, 0.1) is 5.75 Å². The van der Waals surface area contributed by atoms with Crippen LogP contribution in [0.15, 0.2) is 59.9 Å². The molecule has 0 bridgehead atoms. The molecule has 1 saturated heterocycles. The van der Waals surface area contributed by atoms with Crippen molar-refractivity contribution in [1.29, 1.82) is 0 Å². The predicted octanol–water partition coefficient (Wildman–Crippen LogP) is 5.22. The van der Waals surface area contributed by atoms with E-state index >= 15 is 0 Å². The van der Waals surface area contributed by atoms with Crippen LogP contribution < -0.4 is 0 Å². The number of thioether (sulfide) groups is 1. The highest BCUT2D eigenvalue weighted by Gasteiger charge is 2.21. The van der Waals surface area contributed by atoms with Crippen LogP contribution in [0.1, 0.15) is 31.2 Å². The Bertz CT molecular complexity index is 1240. The maximum absolute atomic E-state index is 12.9. The molecule has 4 aromatic rings. The van der Waals surface area contributed by atoms with Crippen molar-refractivity contribution in [2.75, 3.05) is 18.8 Å². The maximum Gasteiger partial charge on any atom is 0.233 e. The van der Waals surface area contributed by atoms with Gasteiger partial charge in [-0.3, -0.25) is 9.36 Å². The molecular formula is C25H27N5OS. The molecule has 3 heterocycles. The van der Waals surface area contributed by atoms with Gasteiger partial charge < -0.3 is 9.88 Å². The lowest BCUT2D eigenvalue weighted by Crippen LogP contribution is -2.33. The van der Waals surface area contributed by atoms with Crippen LogP contribution in [0.3, 0.4) is 0 Å². The number of nitrogens with one attached hydrogen (secondary N) is 1. The van der Waals surface area contributed by atoms with E-state index in [1.807, 2.05) is 29.3 Å². The van der Waals surface area contributed by atoms with Gasteiger partial charge in [-0.2, -0.15) is 0 Å². The summed E-state index contributed by atoms with van der Waals surface area (Å²) in [6, 6.07) is 16.5. The number of aromatic nitrogens is 4. The van der Waals surface area contributed by atoms with Crippen LogP contribution in [0.2, 0.25) is 0 Å². The highest BCUT2D eigenvalue weighted by atomic mass is 32.2. The van der Waals surface area contributed by atoms with E-state index < -0.39 is 0 Å². The number of nitrogens with zero attached hydrogens (tertiary/aromatic N) is 4. The zero-order chi connectivity index (χ0) is 21.9. The minimum atomic E-state index is 0.185. The Morgan fingerprint density at radius 2 is 1.84 bits per heavy atom. The molecule has 0 spiro atoms. The van der Waals surface area contributed by atoms with Crippen LogP contribution in [0, 0.1) is 6.92 Å². The van der Waals surface area contributed by atoms with Gasteiger partial charge in [0, 0.05) is 41.4 Å². The van der Waals surface area contributed by atoms with E-state index in [9.17, 15) is 4.79 Å². The first kappa shape index (κ1) is 20.8. The quantitative estimate of drug-likeness (QED) is 0.428. The van der Waals surface area contributed by atoms with Gasteiger partial charge in [0.25, 0.3) is 0 Å². The van der Waals surface area contributed by atoms with E-state index in [0.29, 0.717) is 5.75 Å². The minimum Gasteiger partial charge on any atom is -0.360 e. The Morgan fingerprint density at radius 1 is 1.03 bits per heavy atom. The summed E-state index contributed by atoms with van der Waals surface area (Å²) in [6.07, 6.45) is 6.61. The average Bonchev–Trinajstić information content (AvgIpc) is 3.31. The molecule has 0 aliphatic carbocycles. The highest BCUT2D eigenvalue weighted by Crippen LogP contribution is 2.32. The molecule has 2 aromatic heterocycles. The van der Waals surface area contributed by atoms with Crippen molar-refractivity contribution in [3.8, 4) is 17.1 Å². The van der Waals surface area contributed by atoms with E-state index in [4.69, 9.17) is 0 Å². The van der Waals surface area contributed by atoms with Gasteiger partial charge in [-0.15, -0.1) is 10.2 Å². The number of H-pyrrole nitrogens is 1. The summed E-state index contributed by atoms with van der Waals surface area (Å²) >= 11 is 1.47. The van der Waals surface area contributed by atoms with Crippen LogP contribution in [0.4, 0.5) is 0 Å². The summed E-state index contributed by atoms with van der Waals surface area (Å²) in [5, 5.41) is 10.9. The van der Waals surface area contributed by atoms with Crippen LogP contribution >= 0.6 is 11.8 Å². The number of benzene rings is 2. The molecule has 1 aliphatic heterocycles. The summed E-state index contributed by atoms with van der Waals surface area (Å²) in [5.41, 5.74) is 4.23. The molecule has 2 aromatic carbocycles. The van der Waals surface area contributed by atoms with Gasteiger partial charge in [-0.25, -0.2) is 0 Å². The third-order valence-corrected chi connectivity index (χ3v) is 6.92. The zero-order valence-electron chi connectivity index (χ0n) is 18.3. The zero-order valence-corrected chi connectivity index (χ0v) is 19.1. The fourth-order valence-corrected chi connectivity index (χ4v) is 5.19. The van der Waals surface area contributed by atoms with Gasteiger partial charge in [0.2, 0.25) is 5.91 Å². The van der Waals surface area contributed by atoms with E-state index in [2.05, 4.69) is 57.0 Å². The van der Waals surface area contributed by atoms with Crippen molar-refractivity contribution >= 4 is 28.6 Å². The molecule has 0 radical (unpaired) electrons. The topological polar surface area (TPSA) is 66.8 Å². The third kappa shape index (κ3) is 4.17. The molecule has 1 aliphatic rings. The largest absolute Gasteiger partial charge is 0.360 e. The van der Waals surface area contributed by atoms with Crippen molar-refractivity contribution in [3.05, 3.63) is 60.3 Å². The molecule has 7 heteroatoms. The lowest BCUT2D eigenvalue weighted by Gasteiger charge is -2.20. The molecule has 6 nitrogen and oxygen atoms in total. The van der Waals surface area contributed by atoms with Crippen LogP contribution in [-0.2, 0) is 4.79 Å². The van der Waals surface area contributed by atoms with Gasteiger partial charge in [-0.1, -0.05) is 54.9 Å². The second kappa shape index (κ2) is 9.20. The lowest BCUT2D eigenvalue weighted by atomic mass is 10.1. The molecule has 5 rings (SSSR count). The molecule has 32 heavy (non-hydrogen) atoms. The normalized spacial score (nSPS) is 14.6. The van der Waals surface area contributed by atoms with Crippen LogP contribution in [0.5, 0.6) is 0 Å². The summed E-state index contributed by atoms with van der Waals surface area (Å²) < 4.78 is 2.07. The average molecular weight is 446 g/mol. The maximum atomic E-state index is 12.9. The number of hydrogen-bond acceptors (Lipinski definition) is 4. The number of amides is 1. The van der Waals surface area contributed by atoms with Crippen molar-refractivity contribution in [3.63, 3.8) is 0 Å². The Balaban J connectivity index is 1.50. The first-order valence-corrected chi connectivity index (χ1v) is 12.2. The molecule has 1 amide bonds. The first-order chi connectivity index (χ1) is 15.7. The molecule has 1 fully saturated rings. The number of aryl methyl sites for hydroxylation is 1. The van der Waals surface area contributed by atoms with Crippen molar-refractivity contribution in [2.24, 2.45) is 0 Å². The Labute approximate surface area is 192 Å². The number of aromatic amines is 1. The van der Waals surface area contributed by atoms with Gasteiger partial charge >= 0.3 is 0 Å². The van der Waals surface area contributed by atoms with E-state index in [1.54, 1.807) is 0 Å². The summed E-state index contributed by atoms with van der Waals surface area (Å²) in [6.45, 7) is 3.81. The number of fused-ring (bicyclic) bond motifs is 1. The van der Waals surface area contributed by atoms with Crippen LogP contribution in [0.25, 0.3) is 28.0 Å². The number of carbonyl (C=O) groups excluding carboxylic acids is 1. The van der Waals surface area contributed by atoms with E-state index in [0.717, 1.165) is 64.6 Å². The standard InChI is InChI=1S/C25H27N5OS/c1-18-9-8-10-19(15-18)30-24(21-16-26-22-12-5-4-11-20(21)22)27-28-25(30)32-17-23(31)29-13-6-2-3-7-14-29/h4-5,8-12,15-16,26H,2-3,6-7,13-14,17H2,1H3. The second-order valence-corrected chi connectivity index (χ2v) is 9.25. The third-order valence-electron chi connectivity index (χ3n) is 6.01. The number of hydrogen-bond donors (Lipinski definition) is 1. The van der Waals surface area contributed by atoms with Gasteiger partial charge in [0.1, 0.15) is 0 Å². The summed E-state index contributed by atoms with van der Waals surface area (Å²) in [7, 11) is 0. The fraction of sp³-hybridized carbons (Fsp3) is 0.320. The molecular weight excluding hydrogens is 418 g/mol. The van der Waals surface area contributed by atoms with E-state index in [-0.39, 0.29) is 5.91 Å². The second-order valence-electron chi connectivity index (χ2n) is 8.31. The summed E-state index contributed by atoms with van der Waals surface area (Å²) in [5.74, 6) is 1.33. The minimum absolute atomic E-state index is 0.185. The number of para-hydroxylation sites is 1. The first-order valence-electron chi connectivity index (χ1n) is 11.2. The van der Waals surface area contributed by atoms with Crippen molar-refractivity contribution in [1.82, 2.24) is 24.6 Å². The van der Waals surface area contributed by atoms with Gasteiger partial charge in [0.15, 0.2) is 11.0 Å². The van der Waals surface area contributed by atoms with E-state index in [1.165, 1.54) is 24.6 Å². The molecule has 1 N–H and O–H groups in total. The van der Waals surface area contributed by atoms with Crippen molar-refractivity contribution < 1.29 is 4.79 Å². The van der Waals surface area contributed by atoms with Crippen LogP contribution in [-0.4, -0.2) is 49.4 Å². The number of likely N-dealkylation sites (tertiary alicyclic amines) is 1. The summed E-state index contributed by atoms with van der Waals surface area (Å²) in [4.78, 5) is 18.2. The molecule has 164 valence electrons. The Morgan fingerprint density at radius 3 is 2.66 bits per heavy atom. The number of rotatable bonds is 5.